The van der Waals surface area contributed by atoms with Gasteiger partial charge in [0.1, 0.15) is 0 Å². The molecule has 1 aliphatic heterocycles. The van der Waals surface area contributed by atoms with E-state index in [1.54, 1.807) is 0 Å². The fraction of sp³-hybridized carbons (Fsp3) is 0.588. The molecule has 1 aliphatic rings. The van der Waals surface area contributed by atoms with E-state index in [9.17, 15) is 9.18 Å². The van der Waals surface area contributed by atoms with Crippen LogP contribution in [0.15, 0.2) is 24.3 Å². The van der Waals surface area contributed by atoms with E-state index in [4.69, 9.17) is 5.11 Å². The summed E-state index contributed by atoms with van der Waals surface area (Å²) >= 11 is 0. The van der Waals surface area contributed by atoms with Gasteiger partial charge in [-0.1, -0.05) is 12.1 Å². The molecule has 0 aliphatic carbocycles. The van der Waals surface area contributed by atoms with Crippen LogP contribution in [0.1, 0.15) is 32.3 Å². The SMILES string of the molecule is CC(C)(F)C(=O)NCc1ccc(N2CCC(CO)CC2)cc1. The van der Waals surface area contributed by atoms with E-state index >= 15 is 0 Å². The fourth-order valence-electron chi connectivity index (χ4n) is 2.59. The van der Waals surface area contributed by atoms with Crippen LogP contribution in [0, 0.1) is 5.92 Å². The molecule has 0 spiro atoms. The van der Waals surface area contributed by atoms with Gasteiger partial charge in [-0.3, -0.25) is 4.79 Å². The molecular formula is C17H25FN2O2. The molecule has 2 N–H and O–H groups in total. The minimum atomic E-state index is -1.85. The second-order valence-corrected chi connectivity index (χ2v) is 6.43. The van der Waals surface area contributed by atoms with Gasteiger partial charge in [-0.25, -0.2) is 4.39 Å². The zero-order chi connectivity index (χ0) is 16.2. The molecule has 22 heavy (non-hydrogen) atoms. The lowest BCUT2D eigenvalue weighted by atomic mass is 9.97. The van der Waals surface area contributed by atoms with Crippen LogP contribution in [0.25, 0.3) is 0 Å². The highest BCUT2D eigenvalue weighted by Crippen LogP contribution is 2.23. The van der Waals surface area contributed by atoms with Gasteiger partial charge in [0, 0.05) is 31.9 Å². The van der Waals surface area contributed by atoms with Crippen molar-refractivity contribution in [2.75, 3.05) is 24.6 Å². The molecule has 122 valence electrons. The first-order valence-corrected chi connectivity index (χ1v) is 7.82. The largest absolute Gasteiger partial charge is 0.396 e. The Morgan fingerprint density at radius 3 is 2.41 bits per heavy atom. The molecule has 1 saturated heterocycles. The summed E-state index contributed by atoms with van der Waals surface area (Å²) in [5.74, 6) is -0.169. The quantitative estimate of drug-likeness (QED) is 0.877. The normalized spacial score (nSPS) is 16.6. The second kappa shape index (κ2) is 7.09. The lowest BCUT2D eigenvalue weighted by Gasteiger charge is -2.33. The van der Waals surface area contributed by atoms with Crippen LogP contribution in [0.4, 0.5) is 10.1 Å². The van der Waals surface area contributed by atoms with Crippen molar-refractivity contribution in [3.63, 3.8) is 0 Å². The Labute approximate surface area is 131 Å². The third-order valence-corrected chi connectivity index (χ3v) is 4.17. The number of aliphatic hydroxyl groups excluding tert-OH is 1. The van der Waals surface area contributed by atoms with E-state index in [1.807, 2.05) is 24.3 Å². The van der Waals surface area contributed by atoms with Crippen LogP contribution in [-0.2, 0) is 11.3 Å². The Bertz CT molecular complexity index is 488. The number of piperidine rings is 1. The number of benzene rings is 1. The van der Waals surface area contributed by atoms with Gasteiger partial charge < -0.3 is 15.3 Å². The lowest BCUT2D eigenvalue weighted by Crippen LogP contribution is -2.38. The van der Waals surface area contributed by atoms with Gasteiger partial charge in [0.05, 0.1) is 0 Å². The first-order chi connectivity index (χ1) is 10.4. The monoisotopic (exact) mass is 308 g/mol. The number of nitrogens with one attached hydrogen (secondary N) is 1. The number of nitrogens with zero attached hydrogens (tertiary/aromatic N) is 1. The molecule has 0 radical (unpaired) electrons. The van der Waals surface area contributed by atoms with Gasteiger partial charge in [0.2, 0.25) is 0 Å². The number of amides is 1. The number of rotatable bonds is 5. The zero-order valence-corrected chi connectivity index (χ0v) is 13.3. The number of alkyl halides is 1. The van der Waals surface area contributed by atoms with Crippen LogP contribution >= 0.6 is 0 Å². The highest BCUT2D eigenvalue weighted by molar-refractivity contribution is 5.84. The molecule has 0 atom stereocenters. The van der Waals surface area contributed by atoms with Gasteiger partial charge in [-0.2, -0.15) is 0 Å². The van der Waals surface area contributed by atoms with Crippen molar-refractivity contribution in [1.29, 1.82) is 0 Å². The predicted molar refractivity (Wildman–Crippen MR) is 85.5 cm³/mol. The minimum Gasteiger partial charge on any atom is -0.396 e. The third kappa shape index (κ3) is 4.44. The molecule has 2 rings (SSSR count). The highest BCUT2D eigenvalue weighted by Gasteiger charge is 2.25. The summed E-state index contributed by atoms with van der Waals surface area (Å²) in [6.07, 6.45) is 2.03. The van der Waals surface area contributed by atoms with Gasteiger partial charge in [0.25, 0.3) is 5.91 Å². The molecule has 1 amide bonds. The number of aliphatic hydroxyl groups is 1. The van der Waals surface area contributed by atoms with E-state index in [1.165, 1.54) is 13.8 Å². The summed E-state index contributed by atoms with van der Waals surface area (Å²) < 4.78 is 13.4. The van der Waals surface area contributed by atoms with Gasteiger partial charge in [-0.15, -0.1) is 0 Å². The highest BCUT2D eigenvalue weighted by atomic mass is 19.1. The summed E-state index contributed by atoms with van der Waals surface area (Å²) in [5, 5.41) is 11.8. The maximum Gasteiger partial charge on any atom is 0.257 e. The molecule has 0 unspecified atom stereocenters. The average molecular weight is 308 g/mol. The maximum absolute atomic E-state index is 13.4. The first kappa shape index (κ1) is 16.7. The van der Waals surface area contributed by atoms with Crippen LogP contribution < -0.4 is 10.2 Å². The number of halogens is 1. The molecule has 4 nitrogen and oxygen atoms in total. The molecule has 1 aromatic carbocycles. The number of carbonyl (C=O) groups is 1. The lowest BCUT2D eigenvalue weighted by molar-refractivity contribution is -0.130. The molecule has 0 saturated carbocycles. The molecule has 5 heteroatoms. The Balaban J connectivity index is 1.87. The van der Waals surface area contributed by atoms with Gasteiger partial charge >= 0.3 is 0 Å². The van der Waals surface area contributed by atoms with Crippen molar-refractivity contribution >= 4 is 11.6 Å². The first-order valence-electron chi connectivity index (χ1n) is 7.82. The summed E-state index contributed by atoms with van der Waals surface area (Å²) in [4.78, 5) is 13.8. The predicted octanol–water partition coefficient (Wildman–Crippen LogP) is 2.26. The molecular weight excluding hydrogens is 283 g/mol. The Kier molecular flexibility index (Phi) is 5.40. The molecule has 1 aromatic rings. The average Bonchev–Trinajstić information content (AvgIpc) is 2.52. The van der Waals surface area contributed by atoms with Crippen LogP contribution in [-0.4, -0.2) is 36.4 Å². The summed E-state index contributed by atoms with van der Waals surface area (Å²) in [7, 11) is 0. The number of hydrogen-bond donors (Lipinski definition) is 2. The van der Waals surface area contributed by atoms with E-state index in [0.29, 0.717) is 12.5 Å². The maximum atomic E-state index is 13.4. The third-order valence-electron chi connectivity index (χ3n) is 4.17. The molecule has 1 heterocycles. The van der Waals surface area contributed by atoms with E-state index in [2.05, 4.69) is 10.2 Å². The number of hydrogen-bond acceptors (Lipinski definition) is 3. The summed E-state index contributed by atoms with van der Waals surface area (Å²) in [6.45, 7) is 5.02. The Morgan fingerprint density at radius 2 is 1.91 bits per heavy atom. The molecule has 0 aromatic heterocycles. The summed E-state index contributed by atoms with van der Waals surface area (Å²) in [6, 6.07) is 7.97. The number of carbonyl (C=O) groups excluding carboxylic acids is 1. The van der Waals surface area contributed by atoms with Gasteiger partial charge in [0.15, 0.2) is 5.67 Å². The van der Waals surface area contributed by atoms with Crippen molar-refractivity contribution in [3.05, 3.63) is 29.8 Å². The fourth-order valence-corrected chi connectivity index (χ4v) is 2.59. The van der Waals surface area contributed by atoms with Crippen LogP contribution in [0.2, 0.25) is 0 Å². The molecule has 0 bridgehead atoms. The van der Waals surface area contributed by atoms with Crippen molar-refractivity contribution in [2.24, 2.45) is 5.92 Å². The number of anilines is 1. The van der Waals surface area contributed by atoms with E-state index < -0.39 is 11.6 Å². The van der Waals surface area contributed by atoms with Gasteiger partial charge in [-0.05, 0) is 50.3 Å². The van der Waals surface area contributed by atoms with Crippen LogP contribution in [0.3, 0.4) is 0 Å². The van der Waals surface area contributed by atoms with Crippen molar-refractivity contribution in [1.82, 2.24) is 5.32 Å². The topological polar surface area (TPSA) is 52.6 Å². The van der Waals surface area contributed by atoms with E-state index in [0.717, 1.165) is 37.2 Å². The Hall–Kier alpha value is -1.62. The summed E-state index contributed by atoms with van der Waals surface area (Å²) in [5.41, 5.74) is 0.251. The smallest absolute Gasteiger partial charge is 0.257 e. The van der Waals surface area contributed by atoms with E-state index in [-0.39, 0.29) is 6.61 Å². The molecule has 1 fully saturated rings. The Morgan fingerprint density at radius 1 is 1.32 bits per heavy atom. The minimum absolute atomic E-state index is 0.275. The van der Waals surface area contributed by atoms with Crippen LogP contribution in [0.5, 0.6) is 0 Å². The van der Waals surface area contributed by atoms with Crippen molar-refractivity contribution in [3.8, 4) is 0 Å². The zero-order valence-electron chi connectivity index (χ0n) is 13.3. The van der Waals surface area contributed by atoms with Crippen molar-refractivity contribution < 1.29 is 14.3 Å². The standard InChI is InChI=1S/C17H25FN2O2/c1-17(2,18)16(22)19-11-13-3-5-15(6-4-13)20-9-7-14(12-21)8-10-20/h3-6,14,21H,7-12H2,1-2H3,(H,19,22). The second-order valence-electron chi connectivity index (χ2n) is 6.43. The van der Waals surface area contributed by atoms with Crippen molar-refractivity contribution in [2.45, 2.75) is 38.9 Å².